The Hall–Kier alpha value is -1.88. The van der Waals surface area contributed by atoms with Gasteiger partial charge in [0.2, 0.25) is 0 Å². The Morgan fingerprint density at radius 3 is 2.79 bits per heavy atom. The number of Topliss-reactive ketones (excluding diaryl/α,β-unsaturated/α-hetero) is 1. The molecule has 0 aromatic heterocycles. The number of methoxy groups -OCH3 is 1. The van der Waals surface area contributed by atoms with E-state index in [1.165, 1.54) is 24.9 Å². The summed E-state index contributed by atoms with van der Waals surface area (Å²) in [5, 5.41) is 0. The van der Waals surface area contributed by atoms with Crippen LogP contribution in [-0.2, 0) is 9.53 Å². The van der Waals surface area contributed by atoms with Crippen LogP contribution in [-0.4, -0.2) is 32.1 Å². The van der Waals surface area contributed by atoms with E-state index in [-0.39, 0.29) is 6.73 Å². The fourth-order valence-corrected chi connectivity index (χ4v) is 2.13. The molecule has 0 saturated heterocycles. The zero-order chi connectivity index (χ0) is 13.4. The van der Waals surface area contributed by atoms with E-state index < -0.39 is 11.7 Å². The molecule has 5 nitrogen and oxygen atoms in total. The third-order valence-corrected chi connectivity index (χ3v) is 3.45. The van der Waals surface area contributed by atoms with Crippen molar-refractivity contribution in [2.24, 2.45) is 5.92 Å². The summed E-state index contributed by atoms with van der Waals surface area (Å²) >= 11 is 0. The zero-order valence-electron chi connectivity index (χ0n) is 10.7. The number of amides is 1. The minimum absolute atomic E-state index is 0.139. The van der Waals surface area contributed by atoms with Gasteiger partial charge in [0.05, 0.1) is 25.0 Å². The predicted molar refractivity (Wildman–Crippen MR) is 68.4 cm³/mol. The Labute approximate surface area is 111 Å². The number of carbonyl (C=O) groups excluding carboxylic acids is 2. The second-order valence-electron chi connectivity index (χ2n) is 4.89. The van der Waals surface area contributed by atoms with E-state index in [1.807, 2.05) is 0 Å². The van der Waals surface area contributed by atoms with Gasteiger partial charge in [0.25, 0.3) is 5.78 Å². The van der Waals surface area contributed by atoms with Crippen LogP contribution < -0.4 is 9.64 Å². The average Bonchev–Trinajstić information content (AvgIpc) is 3.22. The molecule has 0 unspecified atom stereocenters. The lowest BCUT2D eigenvalue weighted by molar-refractivity contribution is -0.115. The Morgan fingerprint density at radius 2 is 2.11 bits per heavy atom. The van der Waals surface area contributed by atoms with Gasteiger partial charge in [-0.15, -0.1) is 0 Å². The molecule has 1 aliphatic carbocycles. The molecule has 1 aromatic rings. The molecule has 100 valence electrons. The van der Waals surface area contributed by atoms with Gasteiger partial charge < -0.3 is 9.47 Å². The highest BCUT2D eigenvalue weighted by molar-refractivity contribution is 6.52. The number of ketones is 1. The molecule has 19 heavy (non-hydrogen) atoms. The lowest BCUT2D eigenvalue weighted by atomic mass is 10.1. The zero-order valence-corrected chi connectivity index (χ0v) is 10.7. The van der Waals surface area contributed by atoms with Gasteiger partial charge in [-0.25, -0.2) is 0 Å². The summed E-state index contributed by atoms with van der Waals surface area (Å²) in [5.74, 6) is 0.173. The molecule has 1 saturated carbocycles. The van der Waals surface area contributed by atoms with Gasteiger partial charge in [-0.2, -0.15) is 0 Å². The largest absolute Gasteiger partial charge is 0.497 e. The monoisotopic (exact) mass is 261 g/mol. The van der Waals surface area contributed by atoms with Crippen LogP contribution in [0.15, 0.2) is 18.2 Å². The van der Waals surface area contributed by atoms with Gasteiger partial charge in [-0.1, -0.05) is 0 Å². The molecule has 1 heterocycles. The molecule has 0 bridgehead atoms. The van der Waals surface area contributed by atoms with Crippen molar-refractivity contribution in [3.8, 4) is 5.75 Å². The quantitative estimate of drug-likeness (QED) is 0.756. The summed E-state index contributed by atoms with van der Waals surface area (Å²) in [4.78, 5) is 25.2. The molecule has 3 rings (SSSR count). The maximum atomic E-state index is 11.9. The summed E-state index contributed by atoms with van der Waals surface area (Å²) < 4.78 is 10.6. The topological polar surface area (TPSA) is 55.8 Å². The maximum absolute atomic E-state index is 11.9. The fourth-order valence-electron chi connectivity index (χ4n) is 2.13. The van der Waals surface area contributed by atoms with Gasteiger partial charge >= 0.3 is 5.91 Å². The number of anilines is 1. The first-order chi connectivity index (χ1) is 9.20. The first-order valence-electron chi connectivity index (χ1n) is 6.32. The summed E-state index contributed by atoms with van der Waals surface area (Å²) in [5.41, 5.74) is 0.992. The standard InChI is InChI=1S/C14H15NO4/c1-18-10-4-5-12-11(6-10)13(16)14(17)15(12)8-19-7-9-2-3-9/h4-6,9H,2-3,7-8H2,1H3. The van der Waals surface area contributed by atoms with Crippen molar-refractivity contribution in [2.75, 3.05) is 25.3 Å². The molecule has 0 N–H and O–H groups in total. The minimum atomic E-state index is -0.529. The van der Waals surface area contributed by atoms with E-state index >= 15 is 0 Å². The fraction of sp³-hybridized carbons (Fsp3) is 0.429. The van der Waals surface area contributed by atoms with E-state index in [2.05, 4.69) is 0 Å². The summed E-state index contributed by atoms with van der Waals surface area (Å²) in [6.07, 6.45) is 2.39. The van der Waals surface area contributed by atoms with E-state index in [1.54, 1.807) is 18.2 Å². The van der Waals surface area contributed by atoms with Crippen molar-refractivity contribution in [3.63, 3.8) is 0 Å². The number of ether oxygens (including phenoxy) is 2. The van der Waals surface area contributed by atoms with Crippen LogP contribution in [0.4, 0.5) is 5.69 Å². The molecule has 1 aliphatic heterocycles. The van der Waals surface area contributed by atoms with Crippen LogP contribution in [0.2, 0.25) is 0 Å². The second-order valence-corrected chi connectivity index (χ2v) is 4.89. The van der Waals surface area contributed by atoms with E-state index in [0.29, 0.717) is 29.5 Å². The maximum Gasteiger partial charge on any atom is 0.301 e. The summed E-state index contributed by atoms with van der Waals surface area (Å²) in [7, 11) is 1.53. The molecule has 1 aromatic carbocycles. The smallest absolute Gasteiger partial charge is 0.301 e. The number of benzene rings is 1. The minimum Gasteiger partial charge on any atom is -0.497 e. The number of nitrogens with zero attached hydrogens (tertiary/aromatic N) is 1. The highest BCUT2D eigenvalue weighted by atomic mass is 16.5. The SMILES string of the molecule is COc1ccc2c(c1)C(=O)C(=O)N2COCC1CC1. The summed E-state index contributed by atoms with van der Waals surface area (Å²) in [6.45, 7) is 0.795. The van der Waals surface area contributed by atoms with E-state index in [4.69, 9.17) is 9.47 Å². The predicted octanol–water partition coefficient (Wildman–Crippen LogP) is 1.61. The van der Waals surface area contributed by atoms with E-state index in [9.17, 15) is 9.59 Å². The van der Waals surface area contributed by atoms with Crippen LogP contribution >= 0.6 is 0 Å². The van der Waals surface area contributed by atoms with Crippen molar-refractivity contribution in [1.82, 2.24) is 0 Å². The van der Waals surface area contributed by atoms with Crippen LogP contribution in [0.5, 0.6) is 5.75 Å². The Bertz CT molecular complexity index is 536. The van der Waals surface area contributed by atoms with Gasteiger partial charge in [0, 0.05) is 0 Å². The number of fused-ring (bicyclic) bond motifs is 1. The molecule has 5 heteroatoms. The number of hydrogen-bond acceptors (Lipinski definition) is 4. The molecule has 0 spiro atoms. The second kappa shape index (κ2) is 4.66. The van der Waals surface area contributed by atoms with Crippen molar-refractivity contribution in [2.45, 2.75) is 12.8 Å². The normalized spacial score (nSPS) is 17.8. The third kappa shape index (κ3) is 2.21. The lowest BCUT2D eigenvalue weighted by Gasteiger charge is -2.16. The van der Waals surface area contributed by atoms with Crippen molar-refractivity contribution in [1.29, 1.82) is 0 Å². The number of carbonyl (C=O) groups is 2. The molecule has 2 aliphatic rings. The lowest BCUT2D eigenvalue weighted by Crippen LogP contribution is -2.32. The van der Waals surface area contributed by atoms with Gasteiger partial charge in [-0.3, -0.25) is 14.5 Å². The van der Waals surface area contributed by atoms with Crippen LogP contribution in [0.1, 0.15) is 23.2 Å². The molecule has 0 radical (unpaired) electrons. The van der Waals surface area contributed by atoms with Gasteiger partial charge in [0.1, 0.15) is 12.5 Å². The molecular weight excluding hydrogens is 246 g/mol. The average molecular weight is 261 g/mol. The number of rotatable bonds is 5. The highest BCUT2D eigenvalue weighted by Gasteiger charge is 2.36. The van der Waals surface area contributed by atoms with Crippen LogP contribution in [0, 0.1) is 5.92 Å². The van der Waals surface area contributed by atoms with Gasteiger partial charge in [0.15, 0.2) is 0 Å². The Kier molecular flexibility index (Phi) is 2.98. The Morgan fingerprint density at radius 1 is 1.32 bits per heavy atom. The van der Waals surface area contributed by atoms with Crippen molar-refractivity contribution < 1.29 is 19.1 Å². The summed E-state index contributed by atoms with van der Waals surface area (Å²) in [6, 6.07) is 5.05. The molecule has 1 fully saturated rings. The first kappa shape index (κ1) is 12.2. The van der Waals surface area contributed by atoms with E-state index in [0.717, 1.165) is 0 Å². The van der Waals surface area contributed by atoms with Crippen LogP contribution in [0.3, 0.4) is 0 Å². The van der Waals surface area contributed by atoms with Crippen LogP contribution in [0.25, 0.3) is 0 Å². The highest BCUT2D eigenvalue weighted by Crippen LogP contribution is 2.33. The number of hydrogen-bond donors (Lipinski definition) is 0. The van der Waals surface area contributed by atoms with Crippen molar-refractivity contribution >= 4 is 17.4 Å². The van der Waals surface area contributed by atoms with Crippen molar-refractivity contribution in [3.05, 3.63) is 23.8 Å². The molecular formula is C14H15NO4. The first-order valence-corrected chi connectivity index (χ1v) is 6.32. The van der Waals surface area contributed by atoms with Gasteiger partial charge in [-0.05, 0) is 37.0 Å². The molecule has 1 amide bonds. The third-order valence-electron chi connectivity index (χ3n) is 3.45. The molecule has 0 atom stereocenters. The Balaban J connectivity index is 1.78.